The van der Waals surface area contributed by atoms with Crippen molar-refractivity contribution in [3.63, 3.8) is 0 Å². The third-order valence-corrected chi connectivity index (χ3v) is 6.71. The second-order valence-electron chi connectivity index (χ2n) is 8.02. The first-order valence-electron chi connectivity index (χ1n) is 11.3. The van der Waals surface area contributed by atoms with E-state index in [1.165, 1.54) is 31.0 Å². The SMILES string of the molecule is COC(=O)c1ccc(NC(=O)[C@@H]2CC(=O)N(CCc3ccc(F)cc3)C(=Nc3ccccc3)S2)cc1. The molecule has 3 aromatic rings. The number of halogens is 1. The van der Waals surface area contributed by atoms with Crippen molar-refractivity contribution in [1.82, 2.24) is 4.90 Å². The van der Waals surface area contributed by atoms with Crippen LogP contribution in [0.1, 0.15) is 22.3 Å². The Balaban J connectivity index is 1.50. The summed E-state index contributed by atoms with van der Waals surface area (Å²) in [6.45, 7) is 0.354. The Kier molecular flexibility index (Phi) is 8.12. The van der Waals surface area contributed by atoms with Gasteiger partial charge in [-0.3, -0.25) is 14.5 Å². The van der Waals surface area contributed by atoms with E-state index >= 15 is 0 Å². The smallest absolute Gasteiger partial charge is 0.337 e. The summed E-state index contributed by atoms with van der Waals surface area (Å²) in [5, 5.41) is 2.56. The lowest BCUT2D eigenvalue weighted by atomic mass is 10.1. The van der Waals surface area contributed by atoms with Crippen LogP contribution in [0.5, 0.6) is 0 Å². The number of ether oxygens (including phenoxy) is 1. The number of nitrogens with zero attached hydrogens (tertiary/aromatic N) is 2. The van der Waals surface area contributed by atoms with Gasteiger partial charge in [-0.1, -0.05) is 42.1 Å². The van der Waals surface area contributed by atoms with Gasteiger partial charge in [-0.05, 0) is 60.5 Å². The van der Waals surface area contributed by atoms with Crippen LogP contribution in [-0.2, 0) is 20.7 Å². The molecule has 7 nitrogen and oxygen atoms in total. The molecule has 0 aliphatic carbocycles. The number of anilines is 1. The van der Waals surface area contributed by atoms with Crippen LogP contribution in [0.25, 0.3) is 0 Å². The molecule has 0 spiro atoms. The first-order chi connectivity index (χ1) is 17.4. The average molecular weight is 506 g/mol. The number of hydrogen-bond acceptors (Lipinski definition) is 6. The van der Waals surface area contributed by atoms with Crippen molar-refractivity contribution in [1.29, 1.82) is 0 Å². The highest BCUT2D eigenvalue weighted by atomic mass is 32.2. The molecule has 9 heteroatoms. The van der Waals surface area contributed by atoms with Crippen LogP contribution >= 0.6 is 11.8 Å². The molecular formula is C27H24FN3O4S. The summed E-state index contributed by atoms with van der Waals surface area (Å²) in [5.74, 6) is -1.34. The van der Waals surface area contributed by atoms with E-state index in [4.69, 9.17) is 0 Å². The minimum absolute atomic E-state index is 0.00791. The number of aliphatic imine (C=N–C) groups is 1. The molecule has 1 atom stereocenters. The molecule has 0 unspecified atom stereocenters. The van der Waals surface area contributed by atoms with Gasteiger partial charge in [0.15, 0.2) is 5.17 Å². The van der Waals surface area contributed by atoms with Crippen LogP contribution in [-0.4, -0.2) is 46.8 Å². The molecule has 0 bridgehead atoms. The number of carbonyl (C=O) groups excluding carboxylic acids is 3. The van der Waals surface area contributed by atoms with Crippen molar-refractivity contribution in [3.05, 3.63) is 95.8 Å². The number of rotatable bonds is 7. The van der Waals surface area contributed by atoms with Gasteiger partial charge >= 0.3 is 5.97 Å². The van der Waals surface area contributed by atoms with E-state index in [2.05, 4.69) is 15.0 Å². The van der Waals surface area contributed by atoms with Gasteiger partial charge in [0.25, 0.3) is 0 Å². The zero-order valence-corrected chi connectivity index (χ0v) is 20.3. The normalized spacial score (nSPS) is 16.6. The second kappa shape index (κ2) is 11.6. The molecule has 0 radical (unpaired) electrons. The van der Waals surface area contributed by atoms with Crippen molar-refractivity contribution in [2.75, 3.05) is 19.0 Å². The lowest BCUT2D eigenvalue weighted by molar-refractivity contribution is -0.129. The van der Waals surface area contributed by atoms with Gasteiger partial charge in [-0.15, -0.1) is 0 Å². The number of esters is 1. The highest BCUT2D eigenvalue weighted by Crippen LogP contribution is 2.30. The van der Waals surface area contributed by atoms with E-state index in [1.54, 1.807) is 41.3 Å². The van der Waals surface area contributed by atoms with E-state index in [0.717, 1.165) is 5.56 Å². The molecule has 4 rings (SSSR count). The summed E-state index contributed by atoms with van der Waals surface area (Å²) in [5.41, 5.74) is 2.43. The van der Waals surface area contributed by atoms with Crippen LogP contribution in [0.15, 0.2) is 83.9 Å². The number of benzene rings is 3. The monoisotopic (exact) mass is 505 g/mol. The third kappa shape index (κ3) is 6.37. The second-order valence-corrected chi connectivity index (χ2v) is 9.19. The van der Waals surface area contributed by atoms with Gasteiger partial charge in [0.1, 0.15) is 11.1 Å². The molecule has 36 heavy (non-hydrogen) atoms. The van der Waals surface area contributed by atoms with Gasteiger partial charge in [0.2, 0.25) is 11.8 Å². The number of carbonyl (C=O) groups is 3. The predicted molar refractivity (Wildman–Crippen MR) is 138 cm³/mol. The van der Waals surface area contributed by atoms with Gasteiger partial charge in [-0.2, -0.15) is 0 Å². The molecule has 1 N–H and O–H groups in total. The molecule has 184 valence electrons. The molecule has 1 aliphatic heterocycles. The van der Waals surface area contributed by atoms with Crippen molar-refractivity contribution in [3.8, 4) is 0 Å². The first kappa shape index (κ1) is 25.1. The highest BCUT2D eigenvalue weighted by Gasteiger charge is 2.35. The van der Waals surface area contributed by atoms with Crippen LogP contribution < -0.4 is 5.32 Å². The molecule has 3 aromatic carbocycles. The number of nitrogens with one attached hydrogen (secondary N) is 1. The van der Waals surface area contributed by atoms with Gasteiger partial charge in [0, 0.05) is 18.7 Å². The summed E-state index contributed by atoms with van der Waals surface area (Å²) >= 11 is 1.22. The summed E-state index contributed by atoms with van der Waals surface area (Å²) in [6.07, 6.45) is 0.526. The molecule has 1 saturated heterocycles. The van der Waals surface area contributed by atoms with E-state index in [-0.39, 0.29) is 24.1 Å². The van der Waals surface area contributed by atoms with Crippen molar-refractivity contribution >= 4 is 46.1 Å². The Hall–Kier alpha value is -3.98. The van der Waals surface area contributed by atoms with Crippen molar-refractivity contribution < 1.29 is 23.5 Å². The van der Waals surface area contributed by atoms with Gasteiger partial charge in [-0.25, -0.2) is 14.2 Å². The van der Waals surface area contributed by atoms with Crippen LogP contribution in [0, 0.1) is 5.82 Å². The predicted octanol–water partition coefficient (Wildman–Crippen LogP) is 4.82. The van der Waals surface area contributed by atoms with E-state index < -0.39 is 11.2 Å². The number of amides is 2. The standard InChI is InChI=1S/C27H24FN3O4S/c1-35-26(34)19-9-13-22(14-10-19)29-25(33)23-17-24(32)31(16-15-18-7-11-20(28)12-8-18)27(36-23)30-21-5-3-2-4-6-21/h2-14,23H,15-17H2,1H3,(H,29,33)/t23-/m0/s1. The third-order valence-electron chi connectivity index (χ3n) is 5.52. The molecule has 1 fully saturated rings. The summed E-state index contributed by atoms with van der Waals surface area (Å²) in [4.78, 5) is 44.0. The molecule has 1 aliphatic rings. The maximum atomic E-state index is 13.2. The van der Waals surface area contributed by atoms with Crippen molar-refractivity contribution in [2.45, 2.75) is 18.1 Å². The topological polar surface area (TPSA) is 88.1 Å². The maximum Gasteiger partial charge on any atom is 0.337 e. The van der Waals surface area contributed by atoms with Crippen molar-refractivity contribution in [2.24, 2.45) is 4.99 Å². The number of para-hydroxylation sites is 1. The van der Waals surface area contributed by atoms with Crippen LogP contribution in [0.2, 0.25) is 0 Å². The number of hydrogen-bond donors (Lipinski definition) is 1. The first-order valence-corrected chi connectivity index (χ1v) is 12.2. The number of methoxy groups -OCH3 is 1. The van der Waals surface area contributed by atoms with Crippen LogP contribution in [0.3, 0.4) is 0 Å². The Morgan fingerprint density at radius 3 is 2.42 bits per heavy atom. The van der Waals surface area contributed by atoms with Gasteiger partial charge < -0.3 is 10.1 Å². The Morgan fingerprint density at radius 1 is 1.06 bits per heavy atom. The molecular weight excluding hydrogens is 481 g/mol. The summed E-state index contributed by atoms with van der Waals surface area (Å²) < 4.78 is 17.9. The molecule has 0 saturated carbocycles. The Bertz CT molecular complexity index is 1260. The van der Waals surface area contributed by atoms with E-state index in [9.17, 15) is 18.8 Å². The number of thioether (sulfide) groups is 1. The van der Waals surface area contributed by atoms with E-state index in [1.807, 2.05) is 30.3 Å². The Labute approximate surface area is 212 Å². The quantitative estimate of drug-likeness (QED) is 0.466. The summed E-state index contributed by atoms with van der Waals surface area (Å²) in [6, 6.07) is 21.7. The lowest BCUT2D eigenvalue weighted by Crippen LogP contribution is -2.46. The average Bonchev–Trinajstić information content (AvgIpc) is 2.89. The molecule has 0 aromatic heterocycles. The highest BCUT2D eigenvalue weighted by molar-refractivity contribution is 8.15. The van der Waals surface area contributed by atoms with E-state index in [0.29, 0.717) is 35.1 Å². The number of amidine groups is 1. The summed E-state index contributed by atoms with van der Waals surface area (Å²) in [7, 11) is 1.30. The minimum Gasteiger partial charge on any atom is -0.465 e. The fraction of sp³-hybridized carbons (Fsp3) is 0.185. The van der Waals surface area contributed by atoms with Gasteiger partial charge in [0.05, 0.1) is 18.4 Å². The lowest BCUT2D eigenvalue weighted by Gasteiger charge is -2.32. The zero-order valence-electron chi connectivity index (χ0n) is 19.5. The maximum absolute atomic E-state index is 13.2. The minimum atomic E-state index is -0.678. The largest absolute Gasteiger partial charge is 0.465 e. The fourth-order valence-corrected chi connectivity index (χ4v) is 4.72. The van der Waals surface area contributed by atoms with Crippen LogP contribution in [0.4, 0.5) is 15.8 Å². The molecule has 1 heterocycles. The zero-order chi connectivity index (χ0) is 25.5. The molecule has 2 amide bonds. The fourth-order valence-electron chi connectivity index (χ4n) is 3.60. The Morgan fingerprint density at radius 2 is 1.75 bits per heavy atom.